The van der Waals surface area contributed by atoms with Gasteiger partial charge in [0.2, 0.25) is 5.95 Å². The monoisotopic (exact) mass is 383 g/mol. The van der Waals surface area contributed by atoms with Crippen molar-refractivity contribution in [2.75, 3.05) is 10.6 Å². The summed E-state index contributed by atoms with van der Waals surface area (Å²) < 4.78 is 40.0. The Labute approximate surface area is 159 Å². The van der Waals surface area contributed by atoms with Crippen LogP contribution in [0.15, 0.2) is 54.7 Å². The van der Waals surface area contributed by atoms with Gasteiger partial charge in [-0.1, -0.05) is 19.1 Å². The molecule has 0 radical (unpaired) electrons. The Hall–Kier alpha value is -3.60. The third-order valence-corrected chi connectivity index (χ3v) is 3.99. The molecule has 1 heterocycles. The van der Waals surface area contributed by atoms with E-state index in [1.165, 1.54) is 24.3 Å². The molecule has 28 heavy (non-hydrogen) atoms. The molecular formula is C20H16F3N5. The number of alkyl halides is 3. The molecule has 0 atom stereocenters. The lowest BCUT2D eigenvalue weighted by Gasteiger charge is -2.15. The molecule has 0 aliphatic carbocycles. The number of aryl methyl sites for hydroxylation is 1. The van der Waals surface area contributed by atoms with Gasteiger partial charge in [0.05, 0.1) is 11.6 Å². The normalized spacial score (nSPS) is 11.0. The summed E-state index contributed by atoms with van der Waals surface area (Å²) in [5.74, 6) is -0.340. The van der Waals surface area contributed by atoms with Gasteiger partial charge in [-0.15, -0.1) is 0 Å². The molecule has 8 heteroatoms. The van der Waals surface area contributed by atoms with Crippen LogP contribution in [0.2, 0.25) is 0 Å². The van der Waals surface area contributed by atoms with Gasteiger partial charge >= 0.3 is 6.18 Å². The summed E-state index contributed by atoms with van der Waals surface area (Å²) in [6.07, 6.45) is -2.99. The second-order valence-corrected chi connectivity index (χ2v) is 5.94. The van der Waals surface area contributed by atoms with Gasteiger partial charge in [0.25, 0.3) is 0 Å². The summed E-state index contributed by atoms with van der Waals surface area (Å²) in [5, 5.41) is 14.4. The molecule has 0 fully saturated rings. The van der Waals surface area contributed by atoms with E-state index >= 15 is 0 Å². The Morgan fingerprint density at radius 2 is 1.57 bits per heavy atom. The molecule has 2 aromatic carbocycles. The molecule has 1 aromatic heterocycles. The van der Waals surface area contributed by atoms with Crippen molar-refractivity contribution in [1.29, 1.82) is 5.26 Å². The first-order valence-electron chi connectivity index (χ1n) is 8.46. The summed E-state index contributed by atoms with van der Waals surface area (Å²) in [4.78, 5) is 7.78. The van der Waals surface area contributed by atoms with Gasteiger partial charge in [0.1, 0.15) is 11.4 Å². The standard InChI is InChI=1S/C20H16F3N5/c1-2-13-3-7-16(8-4-13)27-19-25-12-17(20(21,22)23)18(28-19)26-15-9-5-14(11-24)6-10-15/h3-10,12H,2H2,1H3,(H2,25,26,27,28). The predicted molar refractivity (Wildman–Crippen MR) is 101 cm³/mol. The highest BCUT2D eigenvalue weighted by molar-refractivity contribution is 5.63. The van der Waals surface area contributed by atoms with Crippen LogP contribution in [0.25, 0.3) is 0 Å². The molecule has 2 N–H and O–H groups in total. The number of anilines is 4. The fraction of sp³-hybridized carbons (Fsp3) is 0.150. The number of rotatable bonds is 5. The Morgan fingerprint density at radius 1 is 0.964 bits per heavy atom. The molecular weight excluding hydrogens is 367 g/mol. The Bertz CT molecular complexity index is 990. The van der Waals surface area contributed by atoms with Crippen molar-refractivity contribution in [3.8, 4) is 6.07 Å². The summed E-state index contributed by atoms with van der Waals surface area (Å²) in [7, 11) is 0. The van der Waals surface area contributed by atoms with E-state index in [1.807, 2.05) is 37.3 Å². The molecule has 0 aliphatic heterocycles. The summed E-state index contributed by atoms with van der Waals surface area (Å²) in [6.45, 7) is 2.03. The van der Waals surface area contributed by atoms with Crippen molar-refractivity contribution >= 4 is 23.1 Å². The molecule has 0 amide bonds. The molecule has 0 unspecified atom stereocenters. The lowest BCUT2D eigenvalue weighted by Crippen LogP contribution is -2.12. The predicted octanol–water partition coefficient (Wildman–Crippen LogP) is 5.42. The highest BCUT2D eigenvalue weighted by atomic mass is 19.4. The maximum Gasteiger partial charge on any atom is 0.421 e. The van der Waals surface area contributed by atoms with Crippen LogP contribution >= 0.6 is 0 Å². The first-order valence-corrected chi connectivity index (χ1v) is 8.46. The van der Waals surface area contributed by atoms with Crippen LogP contribution < -0.4 is 10.6 Å². The molecule has 0 spiro atoms. The van der Waals surface area contributed by atoms with Crippen LogP contribution in [0.5, 0.6) is 0 Å². The fourth-order valence-corrected chi connectivity index (χ4v) is 2.46. The number of nitrogens with one attached hydrogen (secondary N) is 2. The molecule has 142 valence electrons. The number of hydrogen-bond acceptors (Lipinski definition) is 5. The number of halogens is 3. The zero-order chi connectivity index (χ0) is 20.1. The largest absolute Gasteiger partial charge is 0.421 e. The van der Waals surface area contributed by atoms with Crippen molar-refractivity contribution in [2.45, 2.75) is 19.5 Å². The number of nitriles is 1. The topological polar surface area (TPSA) is 73.6 Å². The average molecular weight is 383 g/mol. The minimum atomic E-state index is -4.61. The summed E-state index contributed by atoms with van der Waals surface area (Å²) in [5.41, 5.74) is 1.61. The van der Waals surface area contributed by atoms with Crippen molar-refractivity contribution < 1.29 is 13.2 Å². The molecule has 0 saturated carbocycles. The van der Waals surface area contributed by atoms with E-state index in [0.717, 1.165) is 18.2 Å². The number of hydrogen-bond donors (Lipinski definition) is 2. The molecule has 0 saturated heterocycles. The third kappa shape index (κ3) is 4.57. The van der Waals surface area contributed by atoms with Crippen LogP contribution in [0.1, 0.15) is 23.6 Å². The maximum absolute atomic E-state index is 13.3. The van der Waals surface area contributed by atoms with Gasteiger partial charge in [0, 0.05) is 17.6 Å². The lowest BCUT2D eigenvalue weighted by atomic mass is 10.1. The van der Waals surface area contributed by atoms with Crippen molar-refractivity contribution in [3.05, 3.63) is 71.4 Å². The van der Waals surface area contributed by atoms with E-state index in [2.05, 4.69) is 20.6 Å². The van der Waals surface area contributed by atoms with Crippen LogP contribution in [-0.4, -0.2) is 9.97 Å². The molecule has 0 bridgehead atoms. The van der Waals surface area contributed by atoms with E-state index in [9.17, 15) is 13.2 Å². The van der Waals surface area contributed by atoms with Crippen molar-refractivity contribution in [1.82, 2.24) is 9.97 Å². The van der Waals surface area contributed by atoms with Gasteiger partial charge < -0.3 is 10.6 Å². The van der Waals surface area contributed by atoms with Crippen LogP contribution in [0, 0.1) is 11.3 Å². The quantitative estimate of drug-likeness (QED) is 0.616. The highest BCUT2D eigenvalue weighted by Gasteiger charge is 2.35. The lowest BCUT2D eigenvalue weighted by molar-refractivity contribution is -0.137. The Kier molecular flexibility index (Phi) is 5.45. The van der Waals surface area contributed by atoms with Gasteiger partial charge in [-0.05, 0) is 48.4 Å². The molecule has 3 aromatic rings. The van der Waals surface area contributed by atoms with Crippen LogP contribution in [-0.2, 0) is 12.6 Å². The Morgan fingerprint density at radius 3 is 2.14 bits per heavy atom. The highest BCUT2D eigenvalue weighted by Crippen LogP contribution is 2.35. The minimum Gasteiger partial charge on any atom is -0.340 e. The number of nitrogens with zero attached hydrogens (tertiary/aromatic N) is 3. The van der Waals surface area contributed by atoms with Crippen molar-refractivity contribution in [2.24, 2.45) is 0 Å². The maximum atomic E-state index is 13.3. The summed E-state index contributed by atoms with van der Waals surface area (Å²) in [6, 6.07) is 15.5. The number of benzene rings is 2. The van der Waals surface area contributed by atoms with E-state index in [1.54, 1.807) is 0 Å². The first kappa shape index (κ1) is 19.2. The Balaban J connectivity index is 1.90. The van der Waals surface area contributed by atoms with Crippen LogP contribution in [0.4, 0.5) is 36.3 Å². The van der Waals surface area contributed by atoms with E-state index < -0.39 is 11.7 Å². The summed E-state index contributed by atoms with van der Waals surface area (Å²) >= 11 is 0. The van der Waals surface area contributed by atoms with Gasteiger partial charge in [0.15, 0.2) is 0 Å². The van der Waals surface area contributed by atoms with E-state index in [0.29, 0.717) is 16.9 Å². The van der Waals surface area contributed by atoms with E-state index in [4.69, 9.17) is 5.26 Å². The van der Waals surface area contributed by atoms with Crippen molar-refractivity contribution in [3.63, 3.8) is 0 Å². The van der Waals surface area contributed by atoms with Crippen LogP contribution in [0.3, 0.4) is 0 Å². The smallest absolute Gasteiger partial charge is 0.340 e. The zero-order valence-corrected chi connectivity index (χ0v) is 14.9. The molecule has 0 aliphatic rings. The van der Waals surface area contributed by atoms with Gasteiger partial charge in [-0.2, -0.15) is 23.4 Å². The number of aromatic nitrogens is 2. The van der Waals surface area contributed by atoms with Gasteiger partial charge in [-0.3, -0.25) is 0 Å². The average Bonchev–Trinajstić information content (AvgIpc) is 2.68. The minimum absolute atomic E-state index is 0.0355. The second kappa shape index (κ2) is 7.96. The van der Waals surface area contributed by atoms with E-state index in [-0.39, 0.29) is 11.8 Å². The SMILES string of the molecule is CCc1ccc(Nc2ncc(C(F)(F)F)c(Nc3ccc(C#N)cc3)n2)cc1. The zero-order valence-electron chi connectivity index (χ0n) is 14.9. The molecule has 5 nitrogen and oxygen atoms in total. The second-order valence-electron chi connectivity index (χ2n) is 5.94. The fourth-order valence-electron chi connectivity index (χ4n) is 2.46. The third-order valence-electron chi connectivity index (χ3n) is 3.99. The first-order chi connectivity index (χ1) is 13.4. The van der Waals surface area contributed by atoms with Gasteiger partial charge in [-0.25, -0.2) is 4.98 Å². The molecule has 3 rings (SSSR count).